The Morgan fingerprint density at radius 1 is 1.35 bits per heavy atom. The number of nitrogens with zero attached hydrogens (tertiary/aromatic N) is 1. The van der Waals surface area contributed by atoms with Crippen LogP contribution in [0.15, 0.2) is 6.07 Å². The van der Waals surface area contributed by atoms with Crippen LogP contribution in [0.1, 0.15) is 53.2 Å². The van der Waals surface area contributed by atoms with Crippen LogP contribution in [-0.2, 0) is 0 Å². The normalized spacial score (nSPS) is 10.0. The van der Waals surface area contributed by atoms with Crippen molar-refractivity contribution in [3.8, 4) is 11.8 Å². The Bertz CT molecular complexity index is 490. The quantitative estimate of drug-likeness (QED) is 0.819. The number of thiophene rings is 1. The molecule has 0 bridgehead atoms. The number of aliphatic hydroxyl groups is 1. The van der Waals surface area contributed by atoms with Gasteiger partial charge in [0.2, 0.25) is 0 Å². The van der Waals surface area contributed by atoms with E-state index in [1.165, 1.54) is 11.3 Å². The van der Waals surface area contributed by atoms with E-state index in [1.54, 1.807) is 0 Å². The van der Waals surface area contributed by atoms with Gasteiger partial charge in [-0.15, -0.1) is 11.3 Å². The van der Waals surface area contributed by atoms with E-state index in [1.807, 2.05) is 17.9 Å². The van der Waals surface area contributed by atoms with E-state index in [-0.39, 0.29) is 12.5 Å². The SMILES string of the molecule is CCCN(CCC)C(=O)c1cc(C)c(C#CCCO)s1. The molecule has 110 valence electrons. The first-order chi connectivity index (χ1) is 9.63. The van der Waals surface area contributed by atoms with Crippen molar-refractivity contribution in [1.29, 1.82) is 0 Å². The minimum Gasteiger partial charge on any atom is -0.395 e. The Labute approximate surface area is 125 Å². The zero-order chi connectivity index (χ0) is 15.0. The third-order valence-electron chi connectivity index (χ3n) is 2.84. The summed E-state index contributed by atoms with van der Waals surface area (Å²) in [6.07, 6.45) is 2.41. The van der Waals surface area contributed by atoms with E-state index in [4.69, 9.17) is 5.11 Å². The first kappa shape index (κ1) is 16.7. The number of hydrogen-bond donors (Lipinski definition) is 1. The van der Waals surface area contributed by atoms with Gasteiger partial charge in [-0.05, 0) is 31.4 Å². The summed E-state index contributed by atoms with van der Waals surface area (Å²) in [5.74, 6) is 6.05. The molecule has 0 aliphatic rings. The average molecular weight is 293 g/mol. The molecule has 1 N–H and O–H groups in total. The highest BCUT2D eigenvalue weighted by Gasteiger charge is 2.17. The molecule has 1 heterocycles. The first-order valence-corrected chi connectivity index (χ1v) is 7.95. The molecule has 0 saturated heterocycles. The molecule has 1 rings (SSSR count). The van der Waals surface area contributed by atoms with Crippen LogP contribution in [0, 0.1) is 18.8 Å². The van der Waals surface area contributed by atoms with Crippen molar-refractivity contribution in [3.63, 3.8) is 0 Å². The molecule has 1 aromatic heterocycles. The number of aliphatic hydroxyl groups excluding tert-OH is 1. The Kier molecular flexibility index (Phi) is 7.35. The maximum atomic E-state index is 12.5. The lowest BCUT2D eigenvalue weighted by molar-refractivity contribution is 0.0760. The van der Waals surface area contributed by atoms with Gasteiger partial charge in [-0.3, -0.25) is 4.79 Å². The topological polar surface area (TPSA) is 40.5 Å². The molecule has 0 atom stereocenters. The lowest BCUT2D eigenvalue weighted by Crippen LogP contribution is -2.31. The van der Waals surface area contributed by atoms with Crippen LogP contribution in [0.3, 0.4) is 0 Å². The highest BCUT2D eigenvalue weighted by molar-refractivity contribution is 7.14. The molecule has 0 spiro atoms. The Morgan fingerprint density at radius 3 is 2.55 bits per heavy atom. The van der Waals surface area contributed by atoms with Crippen molar-refractivity contribution in [1.82, 2.24) is 4.90 Å². The zero-order valence-corrected chi connectivity index (χ0v) is 13.3. The molecule has 1 aromatic rings. The molecule has 0 aliphatic heterocycles. The second-order valence-corrected chi connectivity index (χ2v) is 5.74. The maximum absolute atomic E-state index is 12.5. The fourth-order valence-electron chi connectivity index (χ4n) is 1.92. The van der Waals surface area contributed by atoms with Crippen molar-refractivity contribution in [2.45, 2.75) is 40.0 Å². The molecular weight excluding hydrogens is 270 g/mol. The van der Waals surface area contributed by atoms with Crippen LogP contribution >= 0.6 is 11.3 Å². The van der Waals surface area contributed by atoms with Gasteiger partial charge in [0.05, 0.1) is 16.4 Å². The van der Waals surface area contributed by atoms with Gasteiger partial charge in [-0.1, -0.05) is 25.7 Å². The van der Waals surface area contributed by atoms with Crippen LogP contribution in [0.5, 0.6) is 0 Å². The first-order valence-electron chi connectivity index (χ1n) is 7.13. The van der Waals surface area contributed by atoms with Crippen molar-refractivity contribution >= 4 is 17.2 Å². The van der Waals surface area contributed by atoms with Crippen molar-refractivity contribution in [3.05, 3.63) is 21.4 Å². The second-order valence-electron chi connectivity index (χ2n) is 4.69. The third-order valence-corrected chi connectivity index (χ3v) is 3.98. The zero-order valence-electron chi connectivity index (χ0n) is 12.5. The second kappa shape index (κ2) is 8.78. The predicted molar refractivity (Wildman–Crippen MR) is 84.1 cm³/mol. The number of carbonyl (C=O) groups excluding carboxylic acids is 1. The van der Waals surface area contributed by atoms with E-state index in [0.29, 0.717) is 6.42 Å². The van der Waals surface area contributed by atoms with Crippen LogP contribution in [0.25, 0.3) is 0 Å². The minimum atomic E-state index is 0.0734. The summed E-state index contributed by atoms with van der Waals surface area (Å²) in [7, 11) is 0. The smallest absolute Gasteiger partial charge is 0.263 e. The number of hydrogen-bond acceptors (Lipinski definition) is 3. The molecule has 20 heavy (non-hydrogen) atoms. The molecule has 0 radical (unpaired) electrons. The van der Waals surface area contributed by atoms with E-state index < -0.39 is 0 Å². The molecule has 1 amide bonds. The largest absolute Gasteiger partial charge is 0.395 e. The predicted octanol–water partition coefficient (Wildman–Crippen LogP) is 3.05. The Hall–Kier alpha value is -1.31. The van der Waals surface area contributed by atoms with Crippen molar-refractivity contribution < 1.29 is 9.90 Å². The van der Waals surface area contributed by atoms with Gasteiger partial charge in [-0.2, -0.15) is 0 Å². The van der Waals surface area contributed by atoms with Gasteiger partial charge in [0, 0.05) is 19.5 Å². The van der Waals surface area contributed by atoms with Crippen LogP contribution in [-0.4, -0.2) is 35.6 Å². The van der Waals surface area contributed by atoms with Gasteiger partial charge in [0.15, 0.2) is 0 Å². The fraction of sp³-hybridized carbons (Fsp3) is 0.562. The number of carbonyl (C=O) groups is 1. The van der Waals surface area contributed by atoms with Crippen LogP contribution in [0.2, 0.25) is 0 Å². The molecular formula is C16H23NO2S. The summed E-state index contributed by atoms with van der Waals surface area (Å²) >= 11 is 1.45. The van der Waals surface area contributed by atoms with Crippen molar-refractivity contribution in [2.75, 3.05) is 19.7 Å². The number of amides is 1. The lowest BCUT2D eigenvalue weighted by Gasteiger charge is -2.20. The minimum absolute atomic E-state index is 0.0734. The average Bonchev–Trinajstić information content (AvgIpc) is 2.80. The maximum Gasteiger partial charge on any atom is 0.263 e. The number of rotatable bonds is 6. The van der Waals surface area contributed by atoms with E-state index in [0.717, 1.165) is 41.2 Å². The molecule has 0 aromatic carbocycles. The standard InChI is InChI=1S/C16H23NO2S/c1-4-9-17(10-5-2)16(19)15-12-13(3)14(20-15)8-6-7-11-18/h12,18H,4-5,7,9-11H2,1-3H3. The molecule has 4 heteroatoms. The van der Waals surface area contributed by atoms with Gasteiger partial charge in [-0.25, -0.2) is 0 Å². The van der Waals surface area contributed by atoms with E-state index >= 15 is 0 Å². The summed E-state index contributed by atoms with van der Waals surface area (Å²) in [6.45, 7) is 7.82. The summed E-state index contributed by atoms with van der Waals surface area (Å²) in [5, 5.41) is 8.74. The van der Waals surface area contributed by atoms with Gasteiger partial charge in [0.25, 0.3) is 5.91 Å². The highest BCUT2D eigenvalue weighted by Crippen LogP contribution is 2.22. The molecule has 0 saturated carbocycles. The molecule has 0 fully saturated rings. The summed E-state index contributed by atoms with van der Waals surface area (Å²) in [6, 6.07) is 1.92. The summed E-state index contributed by atoms with van der Waals surface area (Å²) in [5.41, 5.74) is 1.04. The molecule has 3 nitrogen and oxygen atoms in total. The van der Waals surface area contributed by atoms with Crippen molar-refractivity contribution in [2.24, 2.45) is 0 Å². The van der Waals surface area contributed by atoms with Crippen LogP contribution < -0.4 is 0 Å². The lowest BCUT2D eigenvalue weighted by atomic mass is 10.2. The summed E-state index contributed by atoms with van der Waals surface area (Å²) < 4.78 is 0. The molecule has 0 aliphatic carbocycles. The van der Waals surface area contributed by atoms with E-state index in [9.17, 15) is 4.79 Å². The van der Waals surface area contributed by atoms with Gasteiger partial charge < -0.3 is 10.0 Å². The van der Waals surface area contributed by atoms with Gasteiger partial charge >= 0.3 is 0 Å². The third kappa shape index (κ3) is 4.66. The Balaban J connectivity index is 2.88. The summed E-state index contributed by atoms with van der Waals surface area (Å²) in [4.78, 5) is 16.1. The van der Waals surface area contributed by atoms with E-state index in [2.05, 4.69) is 25.7 Å². The Morgan fingerprint density at radius 2 is 2.00 bits per heavy atom. The fourth-order valence-corrected chi connectivity index (χ4v) is 2.94. The highest BCUT2D eigenvalue weighted by atomic mass is 32.1. The van der Waals surface area contributed by atoms with Crippen LogP contribution in [0.4, 0.5) is 0 Å². The number of aryl methyl sites for hydroxylation is 1. The molecule has 0 unspecified atom stereocenters. The monoisotopic (exact) mass is 293 g/mol. The van der Waals surface area contributed by atoms with Gasteiger partial charge in [0.1, 0.15) is 0 Å².